The smallest absolute Gasteiger partial charge is 0.408 e. The van der Waals surface area contributed by atoms with E-state index in [4.69, 9.17) is 4.42 Å². The van der Waals surface area contributed by atoms with E-state index < -0.39 is 15.8 Å². The summed E-state index contributed by atoms with van der Waals surface area (Å²) in [6, 6.07) is 12.1. The van der Waals surface area contributed by atoms with Crippen LogP contribution < -0.4 is 11.1 Å². The molecule has 1 aliphatic heterocycles. The first-order valence-corrected chi connectivity index (χ1v) is 12.2. The summed E-state index contributed by atoms with van der Waals surface area (Å²) in [5, 5.41) is 2.96. The van der Waals surface area contributed by atoms with Crippen LogP contribution in [0, 0.1) is 6.92 Å². The molecule has 3 aromatic rings. The van der Waals surface area contributed by atoms with Crippen LogP contribution in [-0.4, -0.2) is 36.3 Å². The largest absolute Gasteiger partial charge is 0.419 e. The van der Waals surface area contributed by atoms with E-state index in [0.29, 0.717) is 18.6 Å². The zero-order chi connectivity index (χ0) is 22.9. The second kappa shape index (κ2) is 8.91. The Balaban J connectivity index is 1.48. The predicted molar refractivity (Wildman–Crippen MR) is 121 cm³/mol. The number of amides is 1. The molecule has 1 amide bonds. The summed E-state index contributed by atoms with van der Waals surface area (Å²) in [6.45, 7) is 5.05. The molecule has 9 heteroatoms. The van der Waals surface area contributed by atoms with Crippen molar-refractivity contribution in [1.82, 2.24) is 14.2 Å². The number of oxazole rings is 1. The number of aromatic nitrogens is 1. The third kappa shape index (κ3) is 4.35. The van der Waals surface area contributed by atoms with Gasteiger partial charge in [0.2, 0.25) is 15.9 Å². The van der Waals surface area contributed by atoms with Crippen molar-refractivity contribution in [3.8, 4) is 0 Å². The molecule has 2 heterocycles. The highest BCUT2D eigenvalue weighted by atomic mass is 32.2. The monoisotopic (exact) mass is 457 g/mol. The molecule has 2 aromatic carbocycles. The number of hydrogen-bond acceptors (Lipinski definition) is 5. The Bertz CT molecular complexity index is 1300. The highest BCUT2D eigenvalue weighted by Gasteiger charge is 2.28. The molecule has 0 aliphatic carbocycles. The minimum atomic E-state index is -3.60. The van der Waals surface area contributed by atoms with Gasteiger partial charge < -0.3 is 9.73 Å². The molecule has 0 bridgehead atoms. The lowest BCUT2D eigenvalue weighted by atomic mass is 10.0. The Morgan fingerprint density at radius 1 is 1.16 bits per heavy atom. The maximum absolute atomic E-state index is 12.8. The van der Waals surface area contributed by atoms with Gasteiger partial charge in [-0.25, -0.2) is 13.2 Å². The molecule has 1 N–H and O–H groups in total. The van der Waals surface area contributed by atoms with Crippen molar-refractivity contribution in [2.45, 2.75) is 50.6 Å². The first-order chi connectivity index (χ1) is 15.3. The molecule has 4 rings (SSSR count). The number of sulfonamides is 1. The van der Waals surface area contributed by atoms with Crippen LogP contribution >= 0.6 is 0 Å². The van der Waals surface area contributed by atoms with E-state index in [1.165, 1.54) is 21.0 Å². The lowest BCUT2D eigenvalue weighted by Crippen LogP contribution is -2.29. The maximum atomic E-state index is 12.8. The Kier molecular flexibility index (Phi) is 6.21. The molecule has 1 aliphatic rings. The van der Waals surface area contributed by atoms with Crippen LogP contribution in [0.15, 0.2) is 56.6 Å². The van der Waals surface area contributed by atoms with Gasteiger partial charge in [-0.15, -0.1) is 0 Å². The third-order valence-corrected chi connectivity index (χ3v) is 7.83. The number of fused-ring (bicyclic) bond motifs is 1. The van der Waals surface area contributed by atoms with E-state index in [1.54, 1.807) is 6.07 Å². The Morgan fingerprint density at radius 2 is 1.88 bits per heavy atom. The Labute approximate surface area is 186 Å². The van der Waals surface area contributed by atoms with Crippen molar-refractivity contribution >= 4 is 27.0 Å². The molecule has 1 aromatic heterocycles. The first-order valence-electron chi connectivity index (χ1n) is 10.8. The van der Waals surface area contributed by atoms with Gasteiger partial charge >= 0.3 is 5.76 Å². The van der Waals surface area contributed by atoms with E-state index in [0.717, 1.165) is 24.0 Å². The van der Waals surface area contributed by atoms with Crippen LogP contribution in [0.25, 0.3) is 11.1 Å². The highest BCUT2D eigenvalue weighted by molar-refractivity contribution is 7.89. The minimum absolute atomic E-state index is 0.0958. The van der Waals surface area contributed by atoms with Crippen molar-refractivity contribution in [2.24, 2.45) is 0 Å². The SMILES string of the molecule is Cc1ccccc1C(C)NC(=O)CCn1c(=O)oc2cc(S(=O)(=O)N3CCCC3)ccc21. The number of carbonyl (C=O) groups excluding carboxylic acids is 1. The van der Waals surface area contributed by atoms with Crippen LogP contribution in [0.2, 0.25) is 0 Å². The summed E-state index contributed by atoms with van der Waals surface area (Å²) >= 11 is 0. The maximum Gasteiger partial charge on any atom is 0.419 e. The van der Waals surface area contributed by atoms with E-state index >= 15 is 0 Å². The van der Waals surface area contributed by atoms with Gasteiger partial charge in [0.15, 0.2) is 5.58 Å². The fourth-order valence-corrected chi connectivity index (χ4v) is 5.71. The average Bonchev–Trinajstić information content (AvgIpc) is 3.40. The van der Waals surface area contributed by atoms with Crippen molar-refractivity contribution in [3.63, 3.8) is 0 Å². The van der Waals surface area contributed by atoms with E-state index in [-0.39, 0.29) is 35.4 Å². The summed E-state index contributed by atoms with van der Waals surface area (Å²) in [7, 11) is -3.60. The molecule has 170 valence electrons. The van der Waals surface area contributed by atoms with Crippen molar-refractivity contribution in [3.05, 3.63) is 64.1 Å². The summed E-state index contributed by atoms with van der Waals surface area (Å²) in [6.07, 6.45) is 1.79. The molecule has 1 fully saturated rings. The zero-order valence-electron chi connectivity index (χ0n) is 18.2. The first kappa shape index (κ1) is 22.3. The quantitative estimate of drug-likeness (QED) is 0.588. The van der Waals surface area contributed by atoms with Gasteiger partial charge in [-0.05, 0) is 49.9 Å². The van der Waals surface area contributed by atoms with Crippen LogP contribution in [0.5, 0.6) is 0 Å². The van der Waals surface area contributed by atoms with Crippen LogP contribution in [0.1, 0.15) is 43.4 Å². The summed E-state index contributed by atoms with van der Waals surface area (Å²) in [4.78, 5) is 24.9. The minimum Gasteiger partial charge on any atom is -0.408 e. The van der Waals surface area contributed by atoms with Crippen molar-refractivity contribution < 1.29 is 17.6 Å². The summed E-state index contributed by atoms with van der Waals surface area (Å²) < 4.78 is 33.6. The van der Waals surface area contributed by atoms with Gasteiger partial charge in [-0.1, -0.05) is 24.3 Å². The number of nitrogens with one attached hydrogen (secondary N) is 1. The molecule has 32 heavy (non-hydrogen) atoms. The molecule has 0 spiro atoms. The highest BCUT2D eigenvalue weighted by Crippen LogP contribution is 2.24. The number of hydrogen-bond donors (Lipinski definition) is 1. The van der Waals surface area contributed by atoms with Gasteiger partial charge in [-0.2, -0.15) is 4.31 Å². The van der Waals surface area contributed by atoms with Crippen molar-refractivity contribution in [1.29, 1.82) is 0 Å². The molecule has 0 radical (unpaired) electrons. The Hall–Kier alpha value is -2.91. The number of aryl methyl sites for hydroxylation is 2. The van der Waals surface area contributed by atoms with Crippen LogP contribution in [-0.2, 0) is 21.4 Å². The van der Waals surface area contributed by atoms with Crippen LogP contribution in [0.3, 0.4) is 0 Å². The molecule has 1 saturated heterocycles. The number of nitrogens with zero attached hydrogens (tertiary/aromatic N) is 2. The van der Waals surface area contributed by atoms with Gasteiger partial charge in [-0.3, -0.25) is 9.36 Å². The Morgan fingerprint density at radius 3 is 2.59 bits per heavy atom. The van der Waals surface area contributed by atoms with Gasteiger partial charge in [0.25, 0.3) is 0 Å². The molecule has 8 nitrogen and oxygen atoms in total. The summed E-state index contributed by atoms with van der Waals surface area (Å²) in [5.74, 6) is -0.800. The van der Waals surface area contributed by atoms with Gasteiger partial charge in [0.1, 0.15) is 0 Å². The fraction of sp³-hybridized carbons (Fsp3) is 0.391. The van der Waals surface area contributed by atoms with E-state index in [2.05, 4.69) is 5.32 Å². The average molecular weight is 458 g/mol. The normalized spacial score (nSPS) is 15.8. The molecular weight excluding hydrogens is 430 g/mol. The standard InChI is InChI=1S/C23H27N3O5S/c1-16-7-3-4-8-19(16)17(2)24-22(27)11-14-26-20-10-9-18(15-21(20)31-23(26)28)32(29,30)25-12-5-6-13-25/h3-4,7-10,15,17H,5-6,11-14H2,1-2H3,(H,24,27). The number of rotatable bonds is 7. The lowest BCUT2D eigenvalue weighted by Gasteiger charge is -2.16. The predicted octanol–water partition coefficient (Wildman–Crippen LogP) is 2.95. The second-order valence-electron chi connectivity index (χ2n) is 8.16. The molecule has 0 saturated carbocycles. The van der Waals surface area contributed by atoms with Crippen LogP contribution in [0.4, 0.5) is 0 Å². The summed E-state index contributed by atoms with van der Waals surface area (Å²) in [5.41, 5.74) is 2.80. The van der Waals surface area contributed by atoms with E-state index in [9.17, 15) is 18.0 Å². The second-order valence-corrected chi connectivity index (χ2v) is 10.1. The van der Waals surface area contributed by atoms with Gasteiger partial charge in [0.05, 0.1) is 16.5 Å². The third-order valence-electron chi connectivity index (χ3n) is 5.94. The lowest BCUT2D eigenvalue weighted by molar-refractivity contribution is -0.121. The molecular formula is C23H27N3O5S. The van der Waals surface area contributed by atoms with Crippen molar-refractivity contribution in [2.75, 3.05) is 13.1 Å². The number of benzene rings is 2. The fourth-order valence-electron chi connectivity index (χ4n) is 4.17. The van der Waals surface area contributed by atoms with Gasteiger partial charge in [0, 0.05) is 32.1 Å². The zero-order valence-corrected chi connectivity index (χ0v) is 19.0. The topological polar surface area (TPSA) is 102 Å². The van der Waals surface area contributed by atoms with E-state index in [1.807, 2.05) is 38.1 Å². The molecule has 1 unspecified atom stereocenters. The molecule has 1 atom stereocenters. The number of carbonyl (C=O) groups is 1.